The number of hydrogen-bond donors (Lipinski definition) is 4. The normalized spacial score (nSPS) is 15.8. The summed E-state index contributed by atoms with van der Waals surface area (Å²) in [7, 11) is 0. The molecule has 2 aromatic carbocycles. The highest BCUT2D eigenvalue weighted by molar-refractivity contribution is 5.95. The molecule has 1 saturated heterocycles. The third kappa shape index (κ3) is 4.81. The van der Waals surface area contributed by atoms with Gasteiger partial charge in [-0.15, -0.1) is 0 Å². The summed E-state index contributed by atoms with van der Waals surface area (Å²) >= 11 is 0. The van der Waals surface area contributed by atoms with Gasteiger partial charge < -0.3 is 25.4 Å². The summed E-state index contributed by atoms with van der Waals surface area (Å²) in [5.74, 6) is 2.16. The summed E-state index contributed by atoms with van der Waals surface area (Å²) in [6.07, 6.45) is 4.74. The summed E-state index contributed by atoms with van der Waals surface area (Å²) in [5, 5.41) is 9.53. The lowest BCUT2D eigenvalue weighted by atomic mass is 10.1. The van der Waals surface area contributed by atoms with Crippen molar-refractivity contribution in [3.8, 4) is 22.8 Å². The lowest BCUT2D eigenvalue weighted by Gasteiger charge is -2.11. The highest BCUT2D eigenvalue weighted by Crippen LogP contribution is 2.28. The van der Waals surface area contributed by atoms with E-state index in [9.17, 15) is 4.79 Å². The number of oxazole rings is 1. The zero-order valence-corrected chi connectivity index (χ0v) is 18.6. The Morgan fingerprint density at radius 3 is 2.82 bits per heavy atom. The third-order valence-corrected chi connectivity index (χ3v) is 5.82. The molecule has 1 fully saturated rings. The van der Waals surface area contributed by atoms with Crippen molar-refractivity contribution in [2.75, 3.05) is 18.4 Å². The molecule has 1 aliphatic rings. The van der Waals surface area contributed by atoms with Gasteiger partial charge >= 0.3 is 0 Å². The van der Waals surface area contributed by atoms with Crippen molar-refractivity contribution in [2.24, 2.45) is 0 Å². The maximum atomic E-state index is 12.3. The van der Waals surface area contributed by atoms with Crippen LogP contribution in [0.2, 0.25) is 0 Å². The van der Waals surface area contributed by atoms with E-state index < -0.39 is 0 Å². The maximum absolute atomic E-state index is 12.3. The number of aromatic nitrogens is 3. The molecule has 2 aromatic heterocycles. The van der Waals surface area contributed by atoms with Crippen LogP contribution in [-0.4, -0.2) is 40.0 Å². The van der Waals surface area contributed by atoms with Crippen molar-refractivity contribution in [3.05, 3.63) is 54.5 Å². The molecule has 33 heavy (non-hydrogen) atoms. The number of carbonyl (C=O) groups is 1. The minimum absolute atomic E-state index is 0.0113. The largest absolute Gasteiger partial charge is 0.436 e. The zero-order valence-electron chi connectivity index (χ0n) is 18.6. The van der Waals surface area contributed by atoms with Crippen molar-refractivity contribution in [2.45, 2.75) is 38.8 Å². The predicted octanol–water partition coefficient (Wildman–Crippen LogP) is 4.08. The molecule has 1 aliphatic heterocycles. The number of H-pyrrole nitrogens is 1. The van der Waals surface area contributed by atoms with E-state index in [4.69, 9.17) is 4.42 Å². The van der Waals surface area contributed by atoms with E-state index in [2.05, 4.69) is 37.8 Å². The molecule has 0 bridgehead atoms. The number of fused-ring (bicyclic) bond motifs is 1. The van der Waals surface area contributed by atoms with E-state index in [1.807, 2.05) is 42.5 Å². The molecule has 8 heteroatoms. The van der Waals surface area contributed by atoms with E-state index in [0.717, 1.165) is 72.6 Å². The lowest BCUT2D eigenvalue weighted by molar-refractivity contribution is -0.117. The second kappa shape index (κ2) is 9.56. The molecule has 170 valence electrons. The van der Waals surface area contributed by atoms with E-state index in [1.165, 1.54) is 0 Å². The maximum Gasteiger partial charge on any atom is 0.241 e. The van der Waals surface area contributed by atoms with E-state index in [0.29, 0.717) is 11.7 Å². The third-order valence-electron chi connectivity index (χ3n) is 5.82. The molecule has 3 heterocycles. The van der Waals surface area contributed by atoms with Crippen molar-refractivity contribution in [1.82, 2.24) is 25.6 Å². The minimum atomic E-state index is -0.102. The molecule has 0 spiro atoms. The fraction of sp³-hybridized carbons (Fsp3) is 0.320. The summed E-state index contributed by atoms with van der Waals surface area (Å²) < 4.78 is 6.04. The fourth-order valence-corrected chi connectivity index (χ4v) is 4.06. The summed E-state index contributed by atoms with van der Waals surface area (Å²) in [6.45, 7) is 4.73. The molecule has 1 atom stereocenters. The number of hydrogen-bond acceptors (Lipinski definition) is 6. The van der Waals surface area contributed by atoms with Gasteiger partial charge in [0, 0.05) is 16.8 Å². The predicted molar refractivity (Wildman–Crippen MR) is 129 cm³/mol. The van der Waals surface area contributed by atoms with E-state index >= 15 is 0 Å². The number of anilines is 1. The second-order valence-electron chi connectivity index (χ2n) is 8.34. The molecule has 0 saturated carbocycles. The molecule has 4 aromatic rings. The Morgan fingerprint density at radius 1 is 1.18 bits per heavy atom. The minimum Gasteiger partial charge on any atom is -0.436 e. The average Bonchev–Trinajstić information content (AvgIpc) is 3.60. The van der Waals surface area contributed by atoms with Crippen molar-refractivity contribution < 1.29 is 9.21 Å². The van der Waals surface area contributed by atoms with Crippen molar-refractivity contribution >= 4 is 22.6 Å². The lowest BCUT2D eigenvalue weighted by Crippen LogP contribution is -2.35. The Bertz CT molecular complexity index is 1240. The molecule has 5 rings (SSSR count). The zero-order chi connectivity index (χ0) is 22.6. The van der Waals surface area contributed by atoms with Gasteiger partial charge in [-0.25, -0.2) is 9.97 Å². The molecule has 0 unspecified atom stereocenters. The van der Waals surface area contributed by atoms with Crippen LogP contribution in [0.3, 0.4) is 0 Å². The van der Waals surface area contributed by atoms with Crippen LogP contribution in [-0.2, 0) is 11.3 Å². The number of nitrogens with one attached hydrogen (secondary N) is 4. The van der Waals surface area contributed by atoms with Crippen LogP contribution in [0, 0.1) is 0 Å². The van der Waals surface area contributed by atoms with Crippen LogP contribution in [0.1, 0.15) is 32.0 Å². The Balaban J connectivity index is 1.28. The number of nitrogens with zero attached hydrogens (tertiary/aromatic N) is 2. The first-order valence-electron chi connectivity index (χ1n) is 11.5. The Labute approximate surface area is 192 Å². The van der Waals surface area contributed by atoms with Gasteiger partial charge in [-0.1, -0.05) is 6.92 Å². The van der Waals surface area contributed by atoms with Gasteiger partial charge in [0.2, 0.25) is 11.8 Å². The van der Waals surface area contributed by atoms with Gasteiger partial charge in [-0.05, 0) is 74.8 Å². The standard InChI is InChI=1S/C25H28N6O2/c1-2-11-26-15-23-30-19-10-7-17(13-21(19)31-23)22-14-28-25(33-22)16-5-8-18(9-6-16)29-24(32)20-4-3-12-27-20/h5-10,13-14,20,26-27H,2-4,11-12,15H2,1H3,(H,29,32)(H,30,31)/t20-/m0/s1. The highest BCUT2D eigenvalue weighted by atomic mass is 16.4. The van der Waals surface area contributed by atoms with E-state index in [-0.39, 0.29) is 11.9 Å². The number of benzene rings is 2. The first-order chi connectivity index (χ1) is 16.2. The molecular weight excluding hydrogens is 416 g/mol. The van der Waals surface area contributed by atoms with Gasteiger partial charge in [-0.2, -0.15) is 0 Å². The molecular formula is C25H28N6O2. The molecule has 0 aliphatic carbocycles. The van der Waals surface area contributed by atoms with Gasteiger partial charge in [0.05, 0.1) is 29.8 Å². The summed E-state index contributed by atoms with van der Waals surface area (Å²) in [5.41, 5.74) is 4.45. The number of amides is 1. The molecule has 4 N–H and O–H groups in total. The second-order valence-corrected chi connectivity index (χ2v) is 8.34. The van der Waals surface area contributed by atoms with Crippen molar-refractivity contribution in [1.29, 1.82) is 0 Å². The molecule has 0 radical (unpaired) electrons. The molecule has 1 amide bonds. The summed E-state index contributed by atoms with van der Waals surface area (Å²) in [4.78, 5) is 24.7. The van der Waals surface area contributed by atoms with E-state index in [1.54, 1.807) is 6.20 Å². The number of carbonyl (C=O) groups excluding carboxylic acids is 1. The fourth-order valence-electron chi connectivity index (χ4n) is 4.06. The van der Waals surface area contributed by atoms with Crippen molar-refractivity contribution in [3.63, 3.8) is 0 Å². The van der Waals surface area contributed by atoms with Crippen LogP contribution in [0.4, 0.5) is 5.69 Å². The topological polar surface area (TPSA) is 108 Å². The number of rotatable bonds is 8. The average molecular weight is 445 g/mol. The van der Waals surface area contributed by atoms with Crippen LogP contribution < -0.4 is 16.0 Å². The Kier molecular flexibility index (Phi) is 6.19. The van der Waals surface area contributed by atoms with Gasteiger partial charge in [-0.3, -0.25) is 4.79 Å². The Morgan fingerprint density at radius 2 is 2.03 bits per heavy atom. The van der Waals surface area contributed by atoms with Crippen LogP contribution in [0.25, 0.3) is 33.8 Å². The van der Waals surface area contributed by atoms with Gasteiger partial charge in [0.25, 0.3) is 0 Å². The Hall–Kier alpha value is -3.49. The van der Waals surface area contributed by atoms with Crippen LogP contribution in [0.15, 0.2) is 53.1 Å². The summed E-state index contributed by atoms with van der Waals surface area (Å²) in [6, 6.07) is 13.5. The van der Waals surface area contributed by atoms with Gasteiger partial charge in [0.1, 0.15) is 5.82 Å². The quantitative estimate of drug-likeness (QED) is 0.305. The monoisotopic (exact) mass is 444 g/mol. The van der Waals surface area contributed by atoms with Crippen LogP contribution in [0.5, 0.6) is 0 Å². The van der Waals surface area contributed by atoms with Crippen LogP contribution >= 0.6 is 0 Å². The SMILES string of the molecule is CCCNCc1nc2ccc(-c3cnc(-c4ccc(NC(=O)[C@@H]5CCCN5)cc4)o3)cc2[nH]1. The number of imidazole rings is 1. The van der Waals surface area contributed by atoms with Gasteiger partial charge in [0.15, 0.2) is 5.76 Å². The smallest absolute Gasteiger partial charge is 0.241 e. The number of aromatic amines is 1. The highest BCUT2D eigenvalue weighted by Gasteiger charge is 2.21. The first-order valence-corrected chi connectivity index (χ1v) is 11.5. The molecule has 8 nitrogen and oxygen atoms in total. The first kappa shape index (κ1) is 21.4.